The summed E-state index contributed by atoms with van der Waals surface area (Å²) >= 11 is 0. The lowest BCUT2D eigenvalue weighted by Crippen LogP contribution is -2.50. The normalized spacial score (nSPS) is 16.5. The summed E-state index contributed by atoms with van der Waals surface area (Å²) in [5.41, 5.74) is 0. The third-order valence-corrected chi connectivity index (χ3v) is 3.70. The Morgan fingerprint density at radius 2 is 1.95 bits per heavy atom. The van der Waals surface area contributed by atoms with Crippen molar-refractivity contribution in [3.63, 3.8) is 0 Å². The number of methoxy groups -OCH3 is 1. The highest BCUT2D eigenvalue weighted by atomic mass is 16.5. The number of aliphatic carboxylic acids is 1. The van der Waals surface area contributed by atoms with Crippen molar-refractivity contribution >= 4 is 12.0 Å². The van der Waals surface area contributed by atoms with E-state index in [0.29, 0.717) is 26.1 Å². The van der Waals surface area contributed by atoms with Crippen molar-refractivity contribution in [3.05, 3.63) is 0 Å². The van der Waals surface area contributed by atoms with Crippen molar-refractivity contribution in [2.24, 2.45) is 0 Å². The lowest BCUT2D eigenvalue weighted by atomic mass is 10.1. The van der Waals surface area contributed by atoms with Crippen molar-refractivity contribution in [1.29, 1.82) is 0 Å². The lowest BCUT2D eigenvalue weighted by Gasteiger charge is -2.37. The van der Waals surface area contributed by atoms with E-state index in [-0.39, 0.29) is 24.6 Å². The Morgan fingerprint density at radius 3 is 2.40 bits per heavy atom. The molecule has 0 spiro atoms. The van der Waals surface area contributed by atoms with Gasteiger partial charge in [0.05, 0.1) is 6.10 Å². The minimum atomic E-state index is -0.818. The van der Waals surface area contributed by atoms with Gasteiger partial charge in [-0.2, -0.15) is 0 Å². The van der Waals surface area contributed by atoms with Gasteiger partial charge in [0.1, 0.15) is 0 Å². The van der Waals surface area contributed by atoms with E-state index >= 15 is 0 Å². The SMILES string of the molecule is COC1CCN(C(=O)N(CCCC(=O)O)C(C)C)CC1. The van der Waals surface area contributed by atoms with Crippen LogP contribution < -0.4 is 0 Å². The first-order valence-corrected chi connectivity index (χ1v) is 7.25. The number of carboxylic acid groups (broad SMARTS) is 1. The molecule has 1 fully saturated rings. The molecule has 6 nitrogen and oxygen atoms in total. The fourth-order valence-corrected chi connectivity index (χ4v) is 2.44. The standard InChI is InChI=1S/C14H26N2O4/c1-11(2)16(8-4-5-13(17)18)14(19)15-9-6-12(20-3)7-10-15/h11-12H,4-10H2,1-3H3,(H,17,18). The summed E-state index contributed by atoms with van der Waals surface area (Å²) in [7, 11) is 1.70. The summed E-state index contributed by atoms with van der Waals surface area (Å²) in [5, 5.41) is 8.68. The quantitative estimate of drug-likeness (QED) is 0.808. The molecule has 6 heteroatoms. The van der Waals surface area contributed by atoms with E-state index in [9.17, 15) is 9.59 Å². The Hall–Kier alpha value is -1.30. The fourth-order valence-electron chi connectivity index (χ4n) is 2.44. The van der Waals surface area contributed by atoms with E-state index in [0.717, 1.165) is 12.8 Å². The van der Waals surface area contributed by atoms with E-state index in [4.69, 9.17) is 9.84 Å². The number of hydrogen-bond donors (Lipinski definition) is 1. The number of carbonyl (C=O) groups excluding carboxylic acids is 1. The number of urea groups is 1. The Bertz CT molecular complexity index is 325. The minimum absolute atomic E-state index is 0.0138. The predicted octanol–water partition coefficient (Wildman–Crippen LogP) is 1.79. The molecule has 1 heterocycles. The van der Waals surface area contributed by atoms with Crippen molar-refractivity contribution in [1.82, 2.24) is 9.80 Å². The molecular weight excluding hydrogens is 260 g/mol. The van der Waals surface area contributed by atoms with Crippen LogP contribution in [-0.2, 0) is 9.53 Å². The Kier molecular flexibility index (Phi) is 6.78. The topological polar surface area (TPSA) is 70.1 Å². The second kappa shape index (κ2) is 8.09. The molecule has 0 aromatic heterocycles. The minimum Gasteiger partial charge on any atom is -0.481 e. The van der Waals surface area contributed by atoms with Gasteiger partial charge < -0.3 is 19.6 Å². The van der Waals surface area contributed by atoms with Crippen LogP contribution in [0.15, 0.2) is 0 Å². The molecule has 20 heavy (non-hydrogen) atoms. The number of amides is 2. The van der Waals surface area contributed by atoms with Gasteiger partial charge in [0.2, 0.25) is 0 Å². The summed E-state index contributed by atoms with van der Waals surface area (Å²) < 4.78 is 5.30. The third-order valence-electron chi connectivity index (χ3n) is 3.70. The molecular formula is C14H26N2O4. The molecule has 0 radical (unpaired) electrons. The number of ether oxygens (including phenoxy) is 1. The van der Waals surface area contributed by atoms with Crippen LogP contribution >= 0.6 is 0 Å². The van der Waals surface area contributed by atoms with Gasteiger partial charge in [-0.15, -0.1) is 0 Å². The summed E-state index contributed by atoms with van der Waals surface area (Å²) in [5.74, 6) is -0.818. The van der Waals surface area contributed by atoms with E-state index in [1.54, 1.807) is 12.0 Å². The van der Waals surface area contributed by atoms with Crippen LogP contribution in [0.4, 0.5) is 4.79 Å². The zero-order valence-electron chi connectivity index (χ0n) is 12.7. The molecule has 1 aliphatic heterocycles. The van der Waals surface area contributed by atoms with Crippen LogP contribution in [0.25, 0.3) is 0 Å². The molecule has 116 valence electrons. The third kappa shape index (κ3) is 5.00. The van der Waals surface area contributed by atoms with Crippen LogP contribution in [-0.4, -0.2) is 65.8 Å². The molecule has 1 N–H and O–H groups in total. The molecule has 1 rings (SSSR count). The van der Waals surface area contributed by atoms with Crippen LogP contribution in [0.2, 0.25) is 0 Å². The van der Waals surface area contributed by atoms with Crippen LogP contribution in [0.1, 0.15) is 39.5 Å². The number of hydrogen-bond acceptors (Lipinski definition) is 3. The number of carbonyl (C=O) groups is 2. The molecule has 1 aliphatic rings. The number of rotatable bonds is 6. The Labute approximate surface area is 120 Å². The first-order chi connectivity index (χ1) is 9.45. The summed E-state index contributed by atoms with van der Waals surface area (Å²) in [4.78, 5) is 26.6. The van der Waals surface area contributed by atoms with Gasteiger partial charge in [-0.3, -0.25) is 4.79 Å². The maximum absolute atomic E-state index is 12.5. The number of likely N-dealkylation sites (tertiary alicyclic amines) is 1. The van der Waals surface area contributed by atoms with E-state index < -0.39 is 5.97 Å². The summed E-state index contributed by atoms with van der Waals surface area (Å²) in [6, 6.07) is 0.0939. The second-order valence-electron chi connectivity index (χ2n) is 5.49. The molecule has 0 aromatic rings. The van der Waals surface area contributed by atoms with E-state index in [1.807, 2.05) is 18.7 Å². The molecule has 0 bridgehead atoms. The molecule has 0 atom stereocenters. The van der Waals surface area contributed by atoms with E-state index in [2.05, 4.69) is 0 Å². The van der Waals surface area contributed by atoms with Crippen molar-refractivity contribution in [2.45, 2.75) is 51.7 Å². The summed E-state index contributed by atoms with van der Waals surface area (Å²) in [6.45, 7) is 5.83. The average molecular weight is 286 g/mol. The molecule has 0 aromatic carbocycles. The van der Waals surface area contributed by atoms with Gasteiger partial charge in [0.25, 0.3) is 0 Å². The zero-order chi connectivity index (χ0) is 15.1. The maximum Gasteiger partial charge on any atom is 0.320 e. The highest BCUT2D eigenvalue weighted by molar-refractivity contribution is 5.75. The van der Waals surface area contributed by atoms with Crippen molar-refractivity contribution in [2.75, 3.05) is 26.7 Å². The van der Waals surface area contributed by atoms with Crippen molar-refractivity contribution < 1.29 is 19.4 Å². The van der Waals surface area contributed by atoms with Gasteiger partial charge >= 0.3 is 12.0 Å². The number of nitrogens with zero attached hydrogens (tertiary/aromatic N) is 2. The first kappa shape index (κ1) is 16.8. The monoisotopic (exact) mass is 286 g/mol. The summed E-state index contributed by atoms with van der Waals surface area (Å²) in [6.07, 6.45) is 2.57. The number of carboxylic acids is 1. The van der Waals surface area contributed by atoms with Gasteiger partial charge in [0, 0.05) is 39.2 Å². The predicted molar refractivity (Wildman–Crippen MR) is 75.7 cm³/mol. The average Bonchev–Trinajstić information content (AvgIpc) is 2.42. The molecule has 0 saturated carbocycles. The first-order valence-electron chi connectivity index (χ1n) is 7.25. The fraction of sp³-hybridized carbons (Fsp3) is 0.857. The van der Waals surface area contributed by atoms with Gasteiger partial charge in [0.15, 0.2) is 0 Å². The molecule has 2 amide bonds. The lowest BCUT2D eigenvalue weighted by molar-refractivity contribution is -0.137. The Balaban J connectivity index is 2.49. The van der Waals surface area contributed by atoms with Gasteiger partial charge in [-0.1, -0.05) is 0 Å². The van der Waals surface area contributed by atoms with Gasteiger partial charge in [-0.05, 0) is 33.1 Å². The van der Waals surface area contributed by atoms with Crippen LogP contribution in [0.3, 0.4) is 0 Å². The molecule has 0 unspecified atom stereocenters. The second-order valence-corrected chi connectivity index (χ2v) is 5.49. The highest BCUT2D eigenvalue weighted by Crippen LogP contribution is 2.16. The van der Waals surface area contributed by atoms with Crippen LogP contribution in [0.5, 0.6) is 0 Å². The van der Waals surface area contributed by atoms with Gasteiger partial charge in [-0.25, -0.2) is 4.79 Å². The zero-order valence-corrected chi connectivity index (χ0v) is 12.7. The molecule has 0 aliphatic carbocycles. The smallest absolute Gasteiger partial charge is 0.320 e. The Morgan fingerprint density at radius 1 is 1.35 bits per heavy atom. The van der Waals surface area contributed by atoms with Crippen LogP contribution in [0, 0.1) is 0 Å². The number of piperidine rings is 1. The maximum atomic E-state index is 12.5. The largest absolute Gasteiger partial charge is 0.481 e. The highest BCUT2D eigenvalue weighted by Gasteiger charge is 2.27. The van der Waals surface area contributed by atoms with E-state index in [1.165, 1.54) is 0 Å². The van der Waals surface area contributed by atoms with Crippen molar-refractivity contribution in [3.8, 4) is 0 Å². The molecule has 1 saturated heterocycles.